The molecule has 0 N–H and O–H groups in total. The molecule has 0 aromatic heterocycles. The van der Waals surface area contributed by atoms with Crippen LogP contribution in [0, 0.1) is 0 Å². The largest absolute Gasteiger partial charge is 0.277 e. The Morgan fingerprint density at radius 2 is 1.79 bits per heavy atom. The second-order valence-electron chi connectivity index (χ2n) is 4.55. The maximum atomic E-state index is 12.0. The van der Waals surface area contributed by atoms with Gasteiger partial charge in [-0.2, -0.15) is 0 Å². The number of nitrogens with zero attached hydrogens (tertiary/aromatic N) is 2. The SMILES string of the molecule is O=CN(C(=O)/C=C/c1ccccc1)N1CCCCC1. The molecule has 0 radical (unpaired) electrons. The molecule has 1 aliphatic heterocycles. The van der Waals surface area contributed by atoms with Gasteiger partial charge in [-0.15, -0.1) is 0 Å². The first-order valence-corrected chi connectivity index (χ1v) is 6.58. The number of imide groups is 1. The van der Waals surface area contributed by atoms with E-state index in [2.05, 4.69) is 0 Å². The van der Waals surface area contributed by atoms with Crippen molar-refractivity contribution in [1.82, 2.24) is 10.0 Å². The standard InChI is InChI=1S/C15H18N2O2/c18-13-17(16-11-5-2-6-12-16)15(19)10-9-14-7-3-1-4-8-14/h1,3-4,7-10,13H,2,5-6,11-12H2/b10-9+. The second-order valence-corrected chi connectivity index (χ2v) is 4.55. The Balaban J connectivity index is 2.00. The van der Waals surface area contributed by atoms with E-state index in [0.29, 0.717) is 6.41 Å². The summed E-state index contributed by atoms with van der Waals surface area (Å²) in [6.07, 6.45) is 6.99. The lowest BCUT2D eigenvalue weighted by Gasteiger charge is -2.32. The van der Waals surface area contributed by atoms with Gasteiger partial charge in [0.25, 0.3) is 5.91 Å². The van der Waals surface area contributed by atoms with E-state index in [1.807, 2.05) is 35.3 Å². The number of piperidine rings is 1. The average Bonchev–Trinajstić information content (AvgIpc) is 2.48. The minimum absolute atomic E-state index is 0.291. The van der Waals surface area contributed by atoms with E-state index in [1.54, 1.807) is 6.08 Å². The second kappa shape index (κ2) is 6.85. The third-order valence-corrected chi connectivity index (χ3v) is 3.18. The Kier molecular flexibility index (Phi) is 4.86. The molecule has 1 fully saturated rings. The van der Waals surface area contributed by atoms with E-state index in [0.717, 1.165) is 37.9 Å². The van der Waals surface area contributed by atoms with Crippen molar-refractivity contribution in [3.05, 3.63) is 42.0 Å². The van der Waals surface area contributed by atoms with Gasteiger partial charge in [0, 0.05) is 19.2 Å². The summed E-state index contributed by atoms with van der Waals surface area (Å²) in [5.41, 5.74) is 0.945. The molecule has 0 aliphatic carbocycles. The molecule has 100 valence electrons. The molecule has 2 rings (SSSR count). The summed E-state index contributed by atoms with van der Waals surface area (Å²) in [6.45, 7) is 1.54. The molecule has 19 heavy (non-hydrogen) atoms. The summed E-state index contributed by atoms with van der Waals surface area (Å²) in [5, 5.41) is 2.99. The smallest absolute Gasteiger partial charge is 0.267 e. The van der Waals surface area contributed by atoms with Gasteiger partial charge in [0.1, 0.15) is 0 Å². The quantitative estimate of drug-likeness (QED) is 0.613. The van der Waals surface area contributed by atoms with Crippen LogP contribution in [-0.4, -0.2) is 35.4 Å². The predicted molar refractivity (Wildman–Crippen MR) is 73.8 cm³/mol. The molecule has 0 atom stereocenters. The minimum Gasteiger partial charge on any atom is -0.277 e. The maximum Gasteiger partial charge on any atom is 0.267 e. The van der Waals surface area contributed by atoms with Crippen molar-refractivity contribution >= 4 is 18.4 Å². The van der Waals surface area contributed by atoms with Gasteiger partial charge >= 0.3 is 0 Å². The van der Waals surface area contributed by atoms with Crippen LogP contribution in [0.15, 0.2) is 36.4 Å². The van der Waals surface area contributed by atoms with Crippen molar-refractivity contribution in [2.45, 2.75) is 19.3 Å². The normalized spacial score (nSPS) is 16.4. The van der Waals surface area contributed by atoms with Crippen molar-refractivity contribution in [2.24, 2.45) is 0 Å². The van der Waals surface area contributed by atoms with Crippen molar-refractivity contribution in [1.29, 1.82) is 0 Å². The summed E-state index contributed by atoms with van der Waals surface area (Å²) in [5.74, 6) is -0.291. The molecule has 4 heteroatoms. The predicted octanol–water partition coefficient (Wildman–Crippen LogP) is 2.09. The van der Waals surface area contributed by atoms with E-state index in [9.17, 15) is 9.59 Å². The van der Waals surface area contributed by atoms with Crippen molar-refractivity contribution < 1.29 is 9.59 Å². The number of amides is 2. The third kappa shape index (κ3) is 3.76. The van der Waals surface area contributed by atoms with Crippen LogP contribution < -0.4 is 0 Å². The van der Waals surface area contributed by atoms with Gasteiger partial charge in [-0.3, -0.25) is 9.59 Å². The molecular formula is C15H18N2O2. The highest BCUT2D eigenvalue weighted by molar-refractivity contribution is 5.97. The Labute approximate surface area is 113 Å². The van der Waals surface area contributed by atoms with Gasteiger partial charge in [0.05, 0.1) is 0 Å². The molecule has 4 nitrogen and oxygen atoms in total. The number of benzene rings is 1. The summed E-state index contributed by atoms with van der Waals surface area (Å²) < 4.78 is 0. The first kappa shape index (κ1) is 13.5. The number of carbonyl (C=O) groups excluding carboxylic acids is 2. The van der Waals surface area contributed by atoms with Crippen LogP contribution in [0.2, 0.25) is 0 Å². The summed E-state index contributed by atoms with van der Waals surface area (Å²) in [6, 6.07) is 9.56. The van der Waals surface area contributed by atoms with Gasteiger partial charge in [-0.05, 0) is 24.5 Å². The molecule has 1 aliphatic rings. The average molecular weight is 258 g/mol. The van der Waals surface area contributed by atoms with E-state index in [-0.39, 0.29) is 5.91 Å². The lowest BCUT2D eigenvalue weighted by molar-refractivity contribution is -0.153. The van der Waals surface area contributed by atoms with Gasteiger partial charge in [-0.1, -0.05) is 36.8 Å². The van der Waals surface area contributed by atoms with E-state index in [1.165, 1.54) is 11.1 Å². The topological polar surface area (TPSA) is 40.6 Å². The number of carbonyl (C=O) groups is 2. The Morgan fingerprint density at radius 3 is 2.42 bits per heavy atom. The molecular weight excluding hydrogens is 240 g/mol. The summed E-state index contributed by atoms with van der Waals surface area (Å²) in [4.78, 5) is 23.1. The number of hydrogen-bond acceptors (Lipinski definition) is 3. The van der Waals surface area contributed by atoms with Crippen LogP contribution in [0.25, 0.3) is 6.08 Å². The highest BCUT2D eigenvalue weighted by Crippen LogP contribution is 2.11. The first-order valence-electron chi connectivity index (χ1n) is 6.58. The molecule has 0 bridgehead atoms. The number of hydrazine groups is 1. The summed E-state index contributed by atoms with van der Waals surface area (Å²) >= 11 is 0. The molecule has 0 spiro atoms. The summed E-state index contributed by atoms with van der Waals surface area (Å²) in [7, 11) is 0. The molecule has 1 saturated heterocycles. The Morgan fingerprint density at radius 1 is 1.11 bits per heavy atom. The Hall–Kier alpha value is -1.94. The highest BCUT2D eigenvalue weighted by atomic mass is 16.2. The first-order chi connectivity index (χ1) is 9.31. The molecule has 2 amide bonds. The molecule has 1 aromatic carbocycles. The molecule has 1 aromatic rings. The van der Waals surface area contributed by atoms with Gasteiger partial charge in [0.2, 0.25) is 6.41 Å². The zero-order chi connectivity index (χ0) is 13.5. The van der Waals surface area contributed by atoms with Crippen molar-refractivity contribution in [3.8, 4) is 0 Å². The molecule has 0 saturated carbocycles. The zero-order valence-electron chi connectivity index (χ0n) is 10.9. The van der Waals surface area contributed by atoms with Gasteiger partial charge in [-0.25, -0.2) is 10.0 Å². The Bertz CT molecular complexity index is 450. The van der Waals surface area contributed by atoms with Crippen LogP contribution >= 0.6 is 0 Å². The van der Waals surface area contributed by atoms with Crippen LogP contribution in [0.4, 0.5) is 0 Å². The van der Waals surface area contributed by atoms with Crippen LogP contribution in [0.3, 0.4) is 0 Å². The van der Waals surface area contributed by atoms with Crippen LogP contribution in [-0.2, 0) is 9.59 Å². The van der Waals surface area contributed by atoms with Crippen molar-refractivity contribution in [3.63, 3.8) is 0 Å². The number of hydrogen-bond donors (Lipinski definition) is 0. The van der Waals surface area contributed by atoms with Crippen LogP contribution in [0.1, 0.15) is 24.8 Å². The lowest BCUT2D eigenvalue weighted by atomic mass is 10.2. The molecule has 1 heterocycles. The van der Waals surface area contributed by atoms with Gasteiger partial charge < -0.3 is 0 Å². The monoisotopic (exact) mass is 258 g/mol. The zero-order valence-corrected chi connectivity index (χ0v) is 10.9. The fourth-order valence-corrected chi connectivity index (χ4v) is 2.16. The van der Waals surface area contributed by atoms with E-state index < -0.39 is 0 Å². The fourth-order valence-electron chi connectivity index (χ4n) is 2.16. The fraction of sp³-hybridized carbons (Fsp3) is 0.333. The number of rotatable bonds is 4. The van der Waals surface area contributed by atoms with E-state index in [4.69, 9.17) is 0 Å². The van der Waals surface area contributed by atoms with E-state index >= 15 is 0 Å². The minimum atomic E-state index is -0.291. The van der Waals surface area contributed by atoms with Crippen molar-refractivity contribution in [2.75, 3.05) is 13.1 Å². The lowest BCUT2D eigenvalue weighted by Crippen LogP contribution is -2.47. The maximum absolute atomic E-state index is 12.0. The van der Waals surface area contributed by atoms with Gasteiger partial charge in [0.15, 0.2) is 0 Å². The third-order valence-electron chi connectivity index (χ3n) is 3.18. The molecule has 0 unspecified atom stereocenters. The highest BCUT2D eigenvalue weighted by Gasteiger charge is 2.20. The van der Waals surface area contributed by atoms with Crippen LogP contribution in [0.5, 0.6) is 0 Å².